The fourth-order valence-electron chi connectivity index (χ4n) is 4.70. The van der Waals surface area contributed by atoms with Gasteiger partial charge in [-0.05, 0) is 76.4 Å². The van der Waals surface area contributed by atoms with E-state index in [0.717, 1.165) is 81.3 Å². The average Bonchev–Trinajstić information content (AvgIpc) is 3.16. The molecule has 1 saturated heterocycles. The Bertz CT molecular complexity index is 801. The Kier molecular flexibility index (Phi) is 9.53. The van der Waals surface area contributed by atoms with E-state index in [2.05, 4.69) is 22.9 Å². The normalized spacial score (nSPS) is 17.3. The van der Waals surface area contributed by atoms with Gasteiger partial charge in [0.25, 0.3) is 0 Å². The molecule has 1 atom stereocenters. The van der Waals surface area contributed by atoms with Gasteiger partial charge in [0.15, 0.2) is 5.78 Å². The van der Waals surface area contributed by atoms with Crippen LogP contribution in [0, 0.1) is 5.92 Å². The molecule has 3 N–H and O–H groups in total. The maximum atomic E-state index is 13.0. The molecule has 0 spiro atoms. The molecule has 1 aromatic rings. The fraction of sp³-hybridized carbons (Fsp3) is 0.708. The number of hydrogen-bond acceptors (Lipinski definition) is 6. The molecule has 2 amide bonds. The molecular weight excluding hydrogens is 426 g/mol. The minimum Gasteiger partial charge on any atom is -0.462 e. The molecule has 8 heteroatoms. The van der Waals surface area contributed by atoms with E-state index in [1.165, 1.54) is 11.3 Å². The summed E-state index contributed by atoms with van der Waals surface area (Å²) in [4.78, 5) is 39.8. The third-order valence-corrected chi connectivity index (χ3v) is 7.60. The Morgan fingerprint density at radius 1 is 1.12 bits per heavy atom. The van der Waals surface area contributed by atoms with E-state index in [-0.39, 0.29) is 17.7 Å². The monoisotopic (exact) mass is 463 g/mol. The molecule has 1 aromatic heterocycles. The number of esters is 1. The third-order valence-electron chi connectivity index (χ3n) is 6.39. The second-order valence-corrected chi connectivity index (χ2v) is 9.83. The van der Waals surface area contributed by atoms with Gasteiger partial charge in [-0.25, -0.2) is 9.59 Å². The molecule has 3 rings (SSSR count). The summed E-state index contributed by atoms with van der Waals surface area (Å²) in [5.41, 5.74) is 1.51. The number of carbonyl (C=O) groups is 3. The van der Waals surface area contributed by atoms with Crippen molar-refractivity contribution in [3.8, 4) is 0 Å². The summed E-state index contributed by atoms with van der Waals surface area (Å²) in [6.45, 7) is 5.90. The van der Waals surface area contributed by atoms with Crippen LogP contribution in [-0.2, 0) is 22.4 Å². The van der Waals surface area contributed by atoms with Crippen LogP contribution >= 0.6 is 11.3 Å². The highest BCUT2D eigenvalue weighted by atomic mass is 32.1. The number of aryl methyl sites for hydroxylation is 1. The molecule has 1 aliphatic heterocycles. The van der Waals surface area contributed by atoms with E-state index in [4.69, 9.17) is 4.74 Å². The molecule has 0 radical (unpaired) electrons. The average molecular weight is 464 g/mol. The van der Waals surface area contributed by atoms with Crippen molar-refractivity contribution >= 4 is 34.1 Å². The lowest BCUT2D eigenvalue weighted by atomic mass is 9.86. The van der Waals surface area contributed by atoms with Crippen molar-refractivity contribution in [1.82, 2.24) is 10.6 Å². The fourth-order valence-corrected chi connectivity index (χ4v) is 5.97. The van der Waals surface area contributed by atoms with Crippen molar-refractivity contribution in [3.63, 3.8) is 0 Å². The van der Waals surface area contributed by atoms with Gasteiger partial charge < -0.3 is 15.4 Å². The first-order chi connectivity index (χ1) is 15.5. The molecule has 32 heavy (non-hydrogen) atoms. The number of carbonyl (C=O) groups excluding carboxylic acids is 3. The number of thiophene rings is 1. The highest BCUT2D eigenvalue weighted by Gasteiger charge is 2.32. The maximum Gasteiger partial charge on any atom is 0.341 e. The van der Waals surface area contributed by atoms with E-state index >= 15 is 0 Å². The van der Waals surface area contributed by atoms with Gasteiger partial charge in [-0.15, -0.1) is 11.3 Å². The Morgan fingerprint density at radius 3 is 2.59 bits per heavy atom. The van der Waals surface area contributed by atoms with Crippen molar-refractivity contribution in [2.24, 2.45) is 5.92 Å². The van der Waals surface area contributed by atoms with Crippen LogP contribution in [0.15, 0.2) is 0 Å². The SMILES string of the molecule is CCCCCC(=O)C(NC(=O)Nc1sc2c(c1C(=O)OCC)CCCC2)C1CCNCC1. The molecule has 2 aliphatic rings. The minimum atomic E-state index is -0.491. The predicted molar refractivity (Wildman–Crippen MR) is 128 cm³/mol. The molecule has 1 unspecified atom stereocenters. The predicted octanol–water partition coefficient (Wildman–Crippen LogP) is 4.44. The molecule has 2 heterocycles. The first-order valence-electron chi connectivity index (χ1n) is 12.2. The zero-order valence-electron chi connectivity index (χ0n) is 19.4. The number of amides is 2. The number of piperidine rings is 1. The Hall–Kier alpha value is -1.93. The summed E-state index contributed by atoms with van der Waals surface area (Å²) in [7, 11) is 0. The van der Waals surface area contributed by atoms with Gasteiger partial charge in [-0.3, -0.25) is 10.1 Å². The zero-order valence-corrected chi connectivity index (χ0v) is 20.2. The number of fused-ring (bicyclic) bond motifs is 1. The lowest BCUT2D eigenvalue weighted by molar-refractivity contribution is -0.122. The highest BCUT2D eigenvalue weighted by Crippen LogP contribution is 2.38. The van der Waals surface area contributed by atoms with Gasteiger partial charge in [0, 0.05) is 11.3 Å². The molecule has 1 fully saturated rings. The molecule has 1 aliphatic carbocycles. The minimum absolute atomic E-state index is 0.108. The number of Topliss-reactive ketones (excluding diaryl/α,β-unsaturated/α-hetero) is 1. The number of urea groups is 1. The first-order valence-corrected chi connectivity index (χ1v) is 13.0. The molecule has 178 valence electrons. The summed E-state index contributed by atoms with van der Waals surface area (Å²) in [6, 6.07) is -0.906. The number of ketones is 1. The molecular formula is C24H37N3O4S. The van der Waals surface area contributed by atoms with Crippen molar-refractivity contribution in [3.05, 3.63) is 16.0 Å². The van der Waals surface area contributed by atoms with Crippen molar-refractivity contribution in [1.29, 1.82) is 0 Å². The quantitative estimate of drug-likeness (QED) is 0.352. The summed E-state index contributed by atoms with van der Waals surface area (Å²) in [5.74, 6) is -0.137. The van der Waals surface area contributed by atoms with Crippen molar-refractivity contribution in [2.75, 3.05) is 25.0 Å². The van der Waals surface area contributed by atoms with Crippen molar-refractivity contribution in [2.45, 2.75) is 84.1 Å². The van der Waals surface area contributed by atoms with Crippen LogP contribution in [0.1, 0.15) is 86.0 Å². The molecule has 0 saturated carbocycles. The molecule has 0 bridgehead atoms. The number of unbranched alkanes of at least 4 members (excludes halogenated alkanes) is 2. The lowest BCUT2D eigenvalue weighted by Gasteiger charge is -2.30. The second kappa shape index (κ2) is 12.3. The van der Waals surface area contributed by atoms with E-state index in [1.807, 2.05) is 0 Å². The van der Waals surface area contributed by atoms with Crippen LogP contribution in [0.5, 0.6) is 0 Å². The van der Waals surface area contributed by atoms with Gasteiger partial charge in [0.05, 0.1) is 18.2 Å². The first kappa shape index (κ1) is 24.7. The maximum absolute atomic E-state index is 13.0. The van der Waals surface area contributed by atoms with Gasteiger partial charge in [-0.2, -0.15) is 0 Å². The molecule has 7 nitrogen and oxygen atoms in total. The van der Waals surface area contributed by atoms with Gasteiger partial charge in [-0.1, -0.05) is 19.8 Å². The number of rotatable bonds is 10. The van der Waals surface area contributed by atoms with Crippen molar-refractivity contribution < 1.29 is 19.1 Å². The zero-order chi connectivity index (χ0) is 22.9. The number of hydrogen-bond donors (Lipinski definition) is 3. The van der Waals surface area contributed by atoms with E-state index in [9.17, 15) is 14.4 Å². The van der Waals surface area contributed by atoms with E-state index in [0.29, 0.717) is 23.6 Å². The van der Waals surface area contributed by atoms with Gasteiger partial charge in [0.2, 0.25) is 0 Å². The van der Waals surface area contributed by atoms with Crippen LogP contribution in [0.2, 0.25) is 0 Å². The Labute approximate surface area is 195 Å². The summed E-state index contributed by atoms with van der Waals surface area (Å²) in [5, 5.41) is 9.73. The summed E-state index contributed by atoms with van der Waals surface area (Å²) < 4.78 is 5.28. The smallest absolute Gasteiger partial charge is 0.341 e. The van der Waals surface area contributed by atoms with E-state index in [1.54, 1.807) is 6.92 Å². The number of nitrogens with one attached hydrogen (secondary N) is 3. The van der Waals surface area contributed by atoms with Crippen LogP contribution in [-0.4, -0.2) is 43.5 Å². The van der Waals surface area contributed by atoms with Gasteiger partial charge >= 0.3 is 12.0 Å². The van der Waals surface area contributed by atoms with E-state index < -0.39 is 12.1 Å². The highest BCUT2D eigenvalue weighted by molar-refractivity contribution is 7.17. The van der Waals surface area contributed by atoms with Gasteiger partial charge in [0.1, 0.15) is 5.00 Å². The van der Waals surface area contributed by atoms with Crippen LogP contribution in [0.4, 0.5) is 9.80 Å². The lowest BCUT2D eigenvalue weighted by Crippen LogP contribution is -2.50. The van der Waals surface area contributed by atoms with Crippen LogP contribution in [0.25, 0.3) is 0 Å². The summed E-state index contributed by atoms with van der Waals surface area (Å²) in [6.07, 6.45) is 9.02. The second-order valence-electron chi connectivity index (χ2n) is 8.72. The topological polar surface area (TPSA) is 96.5 Å². The van der Waals surface area contributed by atoms with Crippen LogP contribution in [0.3, 0.4) is 0 Å². The summed E-state index contributed by atoms with van der Waals surface area (Å²) >= 11 is 1.46. The van der Waals surface area contributed by atoms with Crippen LogP contribution < -0.4 is 16.0 Å². The number of anilines is 1. The standard InChI is InChI=1S/C24H37N3O4S/c1-3-5-6-10-18(28)21(16-12-14-25-15-13-16)26-24(30)27-22-20(23(29)31-4-2)17-9-7-8-11-19(17)32-22/h16,21,25H,3-15H2,1-2H3,(H2,26,27,30). The Morgan fingerprint density at radius 2 is 1.88 bits per heavy atom. The Balaban J connectivity index is 1.74. The molecule has 0 aromatic carbocycles. The third kappa shape index (κ3) is 6.32. The number of ether oxygens (including phenoxy) is 1. The largest absolute Gasteiger partial charge is 0.462 e.